The number of urea groups is 2. The van der Waals surface area contributed by atoms with E-state index >= 15 is 0 Å². The van der Waals surface area contributed by atoms with E-state index < -0.39 is 0 Å². The van der Waals surface area contributed by atoms with Crippen LogP contribution in [-0.4, -0.2) is 56.8 Å². The maximum absolute atomic E-state index is 12.8. The van der Waals surface area contributed by atoms with E-state index in [4.69, 9.17) is 11.5 Å². The summed E-state index contributed by atoms with van der Waals surface area (Å²) in [5.41, 5.74) is 20.4. The van der Waals surface area contributed by atoms with E-state index in [2.05, 4.69) is 76.5 Å². The normalized spacial score (nSPS) is 29.9. The van der Waals surface area contributed by atoms with Gasteiger partial charge in [-0.2, -0.15) is 0 Å². The van der Waals surface area contributed by atoms with Gasteiger partial charge in [0.05, 0.1) is 0 Å². The molecule has 6 aliphatic rings. The van der Waals surface area contributed by atoms with Crippen molar-refractivity contribution in [1.29, 1.82) is 0 Å². The molecule has 54 heavy (non-hydrogen) atoms. The maximum Gasteiger partial charge on any atom is 0.315 e. The third kappa shape index (κ3) is 6.94. The highest BCUT2D eigenvalue weighted by atomic mass is 16.2. The first-order valence-corrected chi connectivity index (χ1v) is 21.3. The maximum atomic E-state index is 12.8. The summed E-state index contributed by atoms with van der Waals surface area (Å²) in [6.45, 7) is 3.34. The Morgan fingerprint density at radius 2 is 0.852 bits per heavy atom. The van der Waals surface area contributed by atoms with E-state index in [1.165, 1.54) is 51.6 Å². The average molecular weight is 729 g/mol. The van der Waals surface area contributed by atoms with Gasteiger partial charge < -0.3 is 21.3 Å². The van der Waals surface area contributed by atoms with Gasteiger partial charge >= 0.3 is 12.1 Å². The Morgan fingerprint density at radius 3 is 1.19 bits per heavy atom. The first-order valence-electron chi connectivity index (χ1n) is 21.3. The predicted molar refractivity (Wildman–Crippen MR) is 213 cm³/mol. The van der Waals surface area contributed by atoms with E-state index in [1.54, 1.807) is 22.3 Å². The Balaban J connectivity index is 0.746. The molecule has 2 saturated carbocycles. The van der Waals surface area contributed by atoms with Gasteiger partial charge in [0.1, 0.15) is 0 Å². The topological polar surface area (TPSA) is 99.1 Å². The molecule has 2 aliphatic carbocycles. The van der Waals surface area contributed by atoms with Crippen molar-refractivity contribution in [3.8, 4) is 0 Å². The highest BCUT2D eigenvalue weighted by Gasteiger charge is 2.44. The summed E-state index contributed by atoms with van der Waals surface area (Å²) >= 11 is 0. The SMILES string of the molecule is NC(=O)N(Cc1cccc(CN(C(N)=O)C2CCC(CCN3[C@@H]4CC[C@H]3c3ccccc34)CC2)c1)C1CCC(CCN2[C@@H]3CC[C@H]2c2ccccc23)CC1. The minimum atomic E-state index is -0.340. The van der Waals surface area contributed by atoms with Crippen molar-refractivity contribution >= 4 is 12.1 Å². The molecule has 4 amide bonds. The van der Waals surface area contributed by atoms with Crippen molar-refractivity contribution in [2.45, 2.75) is 139 Å². The van der Waals surface area contributed by atoms with E-state index in [9.17, 15) is 9.59 Å². The molecule has 9 rings (SSSR count). The van der Waals surface area contributed by atoms with Crippen LogP contribution in [0.15, 0.2) is 72.8 Å². The Hall–Kier alpha value is -3.88. The lowest BCUT2D eigenvalue weighted by Gasteiger charge is -2.37. The van der Waals surface area contributed by atoms with Crippen LogP contribution in [0.5, 0.6) is 0 Å². The van der Waals surface area contributed by atoms with Crippen molar-refractivity contribution in [2.24, 2.45) is 23.3 Å². The molecule has 4 atom stereocenters. The van der Waals surface area contributed by atoms with Crippen molar-refractivity contribution in [2.75, 3.05) is 13.1 Å². The average Bonchev–Trinajstić information content (AvgIpc) is 3.96. The summed E-state index contributed by atoms with van der Waals surface area (Å²) < 4.78 is 0. The Morgan fingerprint density at radius 1 is 0.500 bits per heavy atom. The van der Waals surface area contributed by atoms with Crippen molar-refractivity contribution in [3.63, 3.8) is 0 Å². The Labute approximate surface area is 322 Å². The molecule has 0 radical (unpaired) electrons. The van der Waals surface area contributed by atoms with Crippen molar-refractivity contribution in [3.05, 3.63) is 106 Å². The van der Waals surface area contributed by atoms with Crippen LogP contribution in [0.4, 0.5) is 9.59 Å². The second-order valence-corrected chi connectivity index (χ2v) is 17.6. The lowest BCUT2D eigenvalue weighted by atomic mass is 9.83. The van der Waals surface area contributed by atoms with Gasteiger partial charge in [-0.05, 0) is 148 Å². The van der Waals surface area contributed by atoms with Gasteiger partial charge in [-0.15, -0.1) is 0 Å². The number of carbonyl (C=O) groups is 2. The highest BCUT2D eigenvalue weighted by molar-refractivity contribution is 5.73. The number of fused-ring (bicyclic) bond motifs is 10. The van der Waals surface area contributed by atoms with Gasteiger partial charge in [0, 0.05) is 49.3 Å². The summed E-state index contributed by atoms with van der Waals surface area (Å²) in [5.74, 6) is 1.41. The van der Waals surface area contributed by atoms with E-state index in [-0.39, 0.29) is 24.1 Å². The summed E-state index contributed by atoms with van der Waals surface area (Å²) in [6, 6.07) is 28.6. The van der Waals surface area contributed by atoms with Crippen LogP contribution in [0.25, 0.3) is 0 Å². The summed E-state index contributed by atoms with van der Waals surface area (Å²) in [4.78, 5) is 35.0. The molecule has 0 aromatic heterocycles. The number of primary amides is 2. The zero-order valence-electron chi connectivity index (χ0n) is 32.0. The number of benzene rings is 3. The number of nitrogens with two attached hydrogens (primary N) is 2. The zero-order valence-corrected chi connectivity index (χ0v) is 32.0. The molecule has 3 aromatic rings. The Bertz CT molecular complexity index is 1630. The first kappa shape index (κ1) is 35.8. The second kappa shape index (κ2) is 15.3. The molecule has 2 saturated heterocycles. The number of rotatable bonds is 12. The van der Waals surface area contributed by atoms with Gasteiger partial charge in [0.2, 0.25) is 0 Å². The molecule has 0 unspecified atom stereocenters. The van der Waals surface area contributed by atoms with Crippen LogP contribution in [-0.2, 0) is 13.1 Å². The largest absolute Gasteiger partial charge is 0.351 e. The monoisotopic (exact) mass is 728 g/mol. The third-order valence-corrected chi connectivity index (χ3v) is 14.8. The Kier molecular flexibility index (Phi) is 10.2. The number of nitrogens with zero attached hydrogens (tertiary/aromatic N) is 4. The molecule has 4 aliphatic heterocycles. The van der Waals surface area contributed by atoms with E-state index in [0.29, 0.717) is 49.1 Å². The fourth-order valence-corrected chi connectivity index (χ4v) is 12.1. The van der Waals surface area contributed by atoms with Gasteiger partial charge in [-0.3, -0.25) is 9.80 Å². The number of hydrogen-bond donors (Lipinski definition) is 2. The second-order valence-electron chi connectivity index (χ2n) is 17.6. The van der Waals surface area contributed by atoms with Crippen molar-refractivity contribution in [1.82, 2.24) is 19.6 Å². The molecule has 286 valence electrons. The van der Waals surface area contributed by atoms with Crippen LogP contribution in [0.2, 0.25) is 0 Å². The zero-order chi connectivity index (χ0) is 36.8. The minimum Gasteiger partial charge on any atom is -0.351 e. The van der Waals surface area contributed by atoms with Crippen LogP contribution < -0.4 is 11.5 Å². The first-order chi connectivity index (χ1) is 26.4. The molecule has 4 heterocycles. The molecular formula is C46H60N6O2. The number of carbonyl (C=O) groups excluding carboxylic acids is 2. The lowest BCUT2D eigenvalue weighted by Crippen LogP contribution is -2.45. The van der Waals surface area contributed by atoms with E-state index in [0.717, 1.165) is 62.5 Å². The quantitative estimate of drug-likeness (QED) is 0.194. The molecule has 3 aromatic carbocycles. The van der Waals surface area contributed by atoms with Crippen molar-refractivity contribution < 1.29 is 9.59 Å². The summed E-state index contributed by atoms with van der Waals surface area (Å²) in [6.07, 6.45) is 16.2. The van der Waals surface area contributed by atoms with Crippen LogP contribution in [0.3, 0.4) is 0 Å². The third-order valence-electron chi connectivity index (χ3n) is 14.8. The van der Waals surface area contributed by atoms with Gasteiger partial charge in [-0.1, -0.05) is 72.8 Å². The molecule has 4 fully saturated rings. The summed E-state index contributed by atoms with van der Waals surface area (Å²) in [5, 5.41) is 0. The lowest BCUT2D eigenvalue weighted by molar-refractivity contribution is 0.134. The number of amides is 4. The van der Waals surface area contributed by atoms with Crippen LogP contribution >= 0.6 is 0 Å². The summed E-state index contributed by atoms with van der Waals surface area (Å²) in [7, 11) is 0. The standard InChI is InChI=1S/C46H60N6O2/c47-45(53)51(35-16-12-31(13-17-35)24-26-49-41-20-21-42(49)38-9-2-1-8-37(38)41)29-33-6-5-7-34(28-33)30-52(46(48)54)36-18-14-32(15-19-36)25-27-50-43-22-23-44(50)40-11-4-3-10-39(40)43/h1-11,28,31-32,35-36,41-44H,12-27,29-30H2,(H2,47,53)(H2,48,54)/t31?,32?,35?,36?,41-,42+,43-,44+. The molecule has 4 bridgehead atoms. The van der Waals surface area contributed by atoms with Crippen LogP contribution in [0.1, 0.15) is 147 Å². The molecule has 4 N–H and O–H groups in total. The molecule has 8 heteroatoms. The minimum absolute atomic E-state index is 0.169. The van der Waals surface area contributed by atoms with Gasteiger partial charge in [-0.25, -0.2) is 9.59 Å². The van der Waals surface area contributed by atoms with Crippen LogP contribution in [0, 0.1) is 11.8 Å². The van der Waals surface area contributed by atoms with E-state index in [1.807, 2.05) is 15.9 Å². The smallest absolute Gasteiger partial charge is 0.315 e. The predicted octanol–water partition coefficient (Wildman–Crippen LogP) is 9.13. The fourth-order valence-electron chi connectivity index (χ4n) is 12.1. The fraction of sp³-hybridized carbons (Fsp3) is 0.565. The molecular weight excluding hydrogens is 669 g/mol. The molecule has 8 nitrogen and oxygen atoms in total. The van der Waals surface area contributed by atoms with Gasteiger partial charge in [0.25, 0.3) is 0 Å². The van der Waals surface area contributed by atoms with Gasteiger partial charge in [0.15, 0.2) is 0 Å². The molecule has 0 spiro atoms. The number of hydrogen-bond acceptors (Lipinski definition) is 4. The highest BCUT2D eigenvalue weighted by Crippen LogP contribution is 2.54.